The summed E-state index contributed by atoms with van der Waals surface area (Å²) < 4.78 is 37.6. The summed E-state index contributed by atoms with van der Waals surface area (Å²) in [6.45, 7) is 1.68. The third kappa shape index (κ3) is 3.04. The van der Waals surface area contributed by atoms with Crippen LogP contribution >= 0.6 is 11.8 Å². The monoisotopic (exact) mass is 276 g/mol. The average molecular weight is 276 g/mol. The molecular weight excluding hydrogens is 261 g/mol. The van der Waals surface area contributed by atoms with Crippen molar-refractivity contribution in [2.75, 3.05) is 35.2 Å². The second kappa shape index (κ2) is 5.30. The van der Waals surface area contributed by atoms with Gasteiger partial charge in [-0.25, -0.2) is 0 Å². The van der Waals surface area contributed by atoms with Gasteiger partial charge in [-0.2, -0.15) is 24.9 Å². The molecule has 0 unspecified atom stereocenters. The zero-order valence-electron chi connectivity index (χ0n) is 9.83. The van der Waals surface area contributed by atoms with Crippen molar-refractivity contribution in [2.24, 2.45) is 0 Å². The molecule has 18 heavy (non-hydrogen) atoms. The smallest absolute Gasteiger partial charge is 0.397 e. The van der Waals surface area contributed by atoms with Gasteiger partial charge in [-0.3, -0.25) is 0 Å². The molecule has 0 spiro atoms. The Morgan fingerprint density at radius 3 is 2.61 bits per heavy atom. The van der Waals surface area contributed by atoms with Gasteiger partial charge in [0.25, 0.3) is 0 Å². The van der Waals surface area contributed by atoms with E-state index in [1.165, 1.54) is 6.07 Å². The van der Waals surface area contributed by atoms with E-state index in [0.29, 0.717) is 5.69 Å². The van der Waals surface area contributed by atoms with Crippen LogP contribution in [-0.4, -0.2) is 24.6 Å². The van der Waals surface area contributed by atoms with Gasteiger partial charge in [0.1, 0.15) is 0 Å². The van der Waals surface area contributed by atoms with Crippen molar-refractivity contribution in [3.8, 4) is 0 Å². The predicted octanol–water partition coefficient (Wildman–Crippen LogP) is 3.23. The fourth-order valence-corrected chi connectivity index (χ4v) is 2.89. The molecular formula is C12H15F3N2S. The standard InChI is InChI=1S/C12H15F3N2S/c13-12(14,15)9-2-3-11(10(16)8-9)17-4-1-6-18-7-5-17/h2-3,8H,1,4-7,16H2. The highest BCUT2D eigenvalue weighted by Gasteiger charge is 2.31. The molecule has 2 nitrogen and oxygen atoms in total. The average Bonchev–Trinajstić information content (AvgIpc) is 2.56. The molecule has 1 heterocycles. The molecule has 100 valence electrons. The molecule has 1 aliphatic rings. The van der Waals surface area contributed by atoms with Crippen molar-refractivity contribution in [3.63, 3.8) is 0 Å². The third-order valence-electron chi connectivity index (χ3n) is 2.92. The van der Waals surface area contributed by atoms with E-state index in [1.54, 1.807) is 0 Å². The number of alkyl halides is 3. The molecule has 1 saturated heterocycles. The van der Waals surface area contributed by atoms with Crippen LogP contribution < -0.4 is 10.6 Å². The van der Waals surface area contributed by atoms with Gasteiger partial charge >= 0.3 is 6.18 Å². The molecule has 0 bridgehead atoms. The Bertz CT molecular complexity index is 412. The zero-order valence-corrected chi connectivity index (χ0v) is 10.7. The minimum atomic E-state index is -4.33. The maximum Gasteiger partial charge on any atom is 0.416 e. The number of nitrogens with two attached hydrogens (primary N) is 1. The molecule has 0 aliphatic carbocycles. The lowest BCUT2D eigenvalue weighted by molar-refractivity contribution is -0.137. The van der Waals surface area contributed by atoms with Crippen molar-refractivity contribution in [3.05, 3.63) is 23.8 Å². The first kappa shape index (κ1) is 13.4. The molecule has 0 amide bonds. The fraction of sp³-hybridized carbons (Fsp3) is 0.500. The van der Waals surface area contributed by atoms with Gasteiger partial charge in [-0.05, 0) is 30.4 Å². The number of benzene rings is 1. The Hall–Kier alpha value is -1.04. The largest absolute Gasteiger partial charge is 0.416 e. The van der Waals surface area contributed by atoms with Crippen LogP contribution in [0.3, 0.4) is 0 Å². The molecule has 0 atom stereocenters. The van der Waals surface area contributed by atoms with Gasteiger partial charge < -0.3 is 10.6 Å². The number of nitrogen functional groups attached to an aromatic ring is 1. The van der Waals surface area contributed by atoms with Gasteiger partial charge in [0, 0.05) is 18.8 Å². The molecule has 0 radical (unpaired) electrons. The Balaban J connectivity index is 2.23. The van der Waals surface area contributed by atoms with E-state index in [-0.39, 0.29) is 5.69 Å². The van der Waals surface area contributed by atoms with E-state index in [9.17, 15) is 13.2 Å². The van der Waals surface area contributed by atoms with Crippen LogP contribution in [0.4, 0.5) is 24.5 Å². The van der Waals surface area contributed by atoms with Crippen molar-refractivity contribution in [2.45, 2.75) is 12.6 Å². The Morgan fingerprint density at radius 1 is 1.17 bits per heavy atom. The Morgan fingerprint density at radius 2 is 1.94 bits per heavy atom. The first-order valence-electron chi connectivity index (χ1n) is 5.78. The molecule has 1 aromatic rings. The SMILES string of the molecule is Nc1cc(C(F)(F)F)ccc1N1CCCSCC1. The molecule has 2 N–H and O–H groups in total. The summed E-state index contributed by atoms with van der Waals surface area (Å²) in [6, 6.07) is 3.60. The molecule has 6 heteroatoms. The van der Waals surface area contributed by atoms with Crippen molar-refractivity contribution >= 4 is 23.1 Å². The van der Waals surface area contributed by atoms with Crippen molar-refractivity contribution < 1.29 is 13.2 Å². The fourth-order valence-electron chi connectivity index (χ4n) is 2.01. The first-order chi connectivity index (χ1) is 8.48. The number of rotatable bonds is 1. The van der Waals surface area contributed by atoms with E-state index < -0.39 is 11.7 Å². The summed E-state index contributed by atoms with van der Waals surface area (Å²) in [6.07, 6.45) is -3.30. The first-order valence-corrected chi connectivity index (χ1v) is 6.93. The second-order valence-corrected chi connectivity index (χ2v) is 5.45. The lowest BCUT2D eigenvalue weighted by atomic mass is 10.1. The predicted molar refractivity (Wildman–Crippen MR) is 70.0 cm³/mol. The van der Waals surface area contributed by atoms with Crippen LogP contribution in [0.5, 0.6) is 0 Å². The highest BCUT2D eigenvalue weighted by molar-refractivity contribution is 7.99. The number of thioether (sulfide) groups is 1. The van der Waals surface area contributed by atoms with Crippen LogP contribution in [0.15, 0.2) is 18.2 Å². The minimum Gasteiger partial charge on any atom is -0.397 e. The van der Waals surface area contributed by atoms with E-state index >= 15 is 0 Å². The lowest BCUT2D eigenvalue weighted by Gasteiger charge is -2.24. The highest BCUT2D eigenvalue weighted by atomic mass is 32.2. The molecule has 2 rings (SSSR count). The maximum atomic E-state index is 12.5. The van der Waals surface area contributed by atoms with Crippen LogP contribution in [0.1, 0.15) is 12.0 Å². The van der Waals surface area contributed by atoms with Crippen molar-refractivity contribution in [1.82, 2.24) is 0 Å². The minimum absolute atomic E-state index is 0.205. The van der Waals surface area contributed by atoms with Gasteiger partial charge in [0.2, 0.25) is 0 Å². The van der Waals surface area contributed by atoms with E-state index in [2.05, 4.69) is 4.90 Å². The van der Waals surface area contributed by atoms with Crippen LogP contribution in [-0.2, 0) is 6.18 Å². The third-order valence-corrected chi connectivity index (χ3v) is 3.97. The zero-order chi connectivity index (χ0) is 13.2. The number of halogens is 3. The Kier molecular flexibility index (Phi) is 3.94. The molecule has 0 saturated carbocycles. The van der Waals surface area contributed by atoms with E-state index in [1.807, 2.05) is 11.8 Å². The number of nitrogens with zero attached hydrogens (tertiary/aromatic N) is 1. The molecule has 1 aromatic carbocycles. The van der Waals surface area contributed by atoms with Crippen LogP contribution in [0.2, 0.25) is 0 Å². The molecule has 1 aliphatic heterocycles. The van der Waals surface area contributed by atoms with E-state index in [0.717, 1.165) is 43.1 Å². The molecule has 0 aromatic heterocycles. The highest BCUT2D eigenvalue weighted by Crippen LogP contribution is 2.34. The summed E-state index contributed by atoms with van der Waals surface area (Å²) in [5, 5.41) is 0. The van der Waals surface area contributed by atoms with Crippen LogP contribution in [0, 0.1) is 0 Å². The summed E-state index contributed by atoms with van der Waals surface area (Å²) in [5.41, 5.74) is 5.98. The second-order valence-electron chi connectivity index (χ2n) is 4.22. The van der Waals surface area contributed by atoms with Crippen molar-refractivity contribution in [1.29, 1.82) is 0 Å². The summed E-state index contributed by atoms with van der Waals surface area (Å²) in [5.74, 6) is 2.08. The van der Waals surface area contributed by atoms with Gasteiger partial charge in [0.05, 0.1) is 16.9 Å². The van der Waals surface area contributed by atoms with Gasteiger partial charge in [0.15, 0.2) is 0 Å². The summed E-state index contributed by atoms with van der Waals surface area (Å²) >= 11 is 1.86. The normalized spacial score (nSPS) is 17.6. The van der Waals surface area contributed by atoms with Crippen LogP contribution in [0.25, 0.3) is 0 Å². The number of hydrogen-bond acceptors (Lipinski definition) is 3. The topological polar surface area (TPSA) is 29.3 Å². The van der Waals surface area contributed by atoms with Gasteiger partial charge in [-0.15, -0.1) is 0 Å². The van der Waals surface area contributed by atoms with E-state index in [4.69, 9.17) is 5.73 Å². The lowest BCUT2D eigenvalue weighted by Crippen LogP contribution is -2.26. The summed E-state index contributed by atoms with van der Waals surface area (Å²) in [4.78, 5) is 2.06. The summed E-state index contributed by atoms with van der Waals surface area (Å²) in [7, 11) is 0. The molecule has 1 fully saturated rings. The maximum absolute atomic E-state index is 12.5. The quantitative estimate of drug-likeness (QED) is 0.798. The Labute approximate surface area is 108 Å². The number of anilines is 2. The number of hydrogen-bond donors (Lipinski definition) is 1. The van der Waals surface area contributed by atoms with Gasteiger partial charge in [-0.1, -0.05) is 0 Å².